The molecule has 100 valence electrons. The summed E-state index contributed by atoms with van der Waals surface area (Å²) in [6.45, 7) is -0.170. The van der Waals surface area contributed by atoms with Crippen molar-refractivity contribution < 1.29 is 14.6 Å². The third-order valence-corrected chi connectivity index (χ3v) is 2.74. The zero-order valence-electron chi connectivity index (χ0n) is 10.2. The molecule has 0 saturated heterocycles. The standard InChI is InChI=1S/C12H12N2O5/c1-19-7-2-3-9-8(6-7)11(17)14(12(18)13-9)5-4-10(15)16/h2-3,6H,4-5H2,1H3,(H,13,18)(H,15,16). The lowest BCUT2D eigenvalue weighted by atomic mass is 10.2. The minimum absolute atomic E-state index is 0.170. The number of aromatic amines is 1. The predicted octanol–water partition coefficient (Wildman–Crippen LogP) is 0.173. The van der Waals surface area contributed by atoms with Crippen LogP contribution in [0.4, 0.5) is 0 Å². The monoisotopic (exact) mass is 264 g/mol. The fourth-order valence-electron chi connectivity index (χ4n) is 1.77. The number of carboxylic acids is 1. The van der Waals surface area contributed by atoms with Crippen molar-refractivity contribution in [2.75, 3.05) is 7.11 Å². The first kappa shape index (κ1) is 12.9. The molecule has 19 heavy (non-hydrogen) atoms. The highest BCUT2D eigenvalue weighted by molar-refractivity contribution is 5.78. The van der Waals surface area contributed by atoms with Crippen molar-refractivity contribution in [2.24, 2.45) is 0 Å². The molecule has 0 aliphatic rings. The molecule has 0 saturated carbocycles. The van der Waals surface area contributed by atoms with Gasteiger partial charge in [0.25, 0.3) is 5.56 Å². The van der Waals surface area contributed by atoms with E-state index in [9.17, 15) is 14.4 Å². The van der Waals surface area contributed by atoms with Crippen molar-refractivity contribution >= 4 is 16.9 Å². The van der Waals surface area contributed by atoms with Crippen molar-refractivity contribution in [2.45, 2.75) is 13.0 Å². The topological polar surface area (TPSA) is 101 Å². The summed E-state index contributed by atoms with van der Waals surface area (Å²) in [7, 11) is 1.47. The molecule has 0 bridgehead atoms. The Balaban J connectivity index is 2.62. The summed E-state index contributed by atoms with van der Waals surface area (Å²) in [6, 6.07) is 4.70. The predicted molar refractivity (Wildman–Crippen MR) is 67.6 cm³/mol. The number of benzene rings is 1. The van der Waals surface area contributed by atoms with Gasteiger partial charge in [-0.25, -0.2) is 4.79 Å². The fraction of sp³-hybridized carbons (Fsp3) is 0.250. The first-order valence-corrected chi connectivity index (χ1v) is 5.55. The zero-order valence-corrected chi connectivity index (χ0v) is 10.2. The Morgan fingerprint density at radius 3 is 2.79 bits per heavy atom. The summed E-state index contributed by atoms with van der Waals surface area (Å²) in [5.41, 5.74) is -0.759. The molecule has 7 heteroatoms. The Morgan fingerprint density at radius 2 is 2.16 bits per heavy atom. The SMILES string of the molecule is COc1ccc2[nH]c(=O)n(CCC(=O)O)c(=O)c2c1. The number of carboxylic acid groups (broad SMARTS) is 1. The molecule has 2 rings (SSSR count). The quantitative estimate of drug-likeness (QED) is 0.819. The number of ether oxygens (including phenoxy) is 1. The van der Waals surface area contributed by atoms with E-state index in [1.165, 1.54) is 13.2 Å². The van der Waals surface area contributed by atoms with Gasteiger partial charge in [-0.1, -0.05) is 0 Å². The van der Waals surface area contributed by atoms with Crippen LogP contribution in [0.1, 0.15) is 6.42 Å². The Morgan fingerprint density at radius 1 is 1.42 bits per heavy atom. The molecule has 0 aliphatic carbocycles. The summed E-state index contributed by atoms with van der Waals surface area (Å²) in [6.07, 6.45) is -0.293. The van der Waals surface area contributed by atoms with Crippen molar-refractivity contribution in [3.8, 4) is 5.75 Å². The number of carbonyl (C=O) groups is 1. The number of hydrogen-bond donors (Lipinski definition) is 2. The Kier molecular flexibility index (Phi) is 3.37. The second-order valence-corrected chi connectivity index (χ2v) is 3.94. The Hall–Kier alpha value is -2.57. The molecule has 0 aliphatic heterocycles. The van der Waals surface area contributed by atoms with Crippen LogP contribution in [-0.2, 0) is 11.3 Å². The van der Waals surface area contributed by atoms with E-state index in [1.807, 2.05) is 0 Å². The van der Waals surface area contributed by atoms with Crippen LogP contribution in [0, 0.1) is 0 Å². The largest absolute Gasteiger partial charge is 0.497 e. The average Bonchev–Trinajstić information content (AvgIpc) is 2.38. The van der Waals surface area contributed by atoms with Crippen LogP contribution in [0.2, 0.25) is 0 Å². The average molecular weight is 264 g/mol. The van der Waals surface area contributed by atoms with Gasteiger partial charge >= 0.3 is 11.7 Å². The maximum absolute atomic E-state index is 12.1. The third-order valence-electron chi connectivity index (χ3n) is 2.74. The van der Waals surface area contributed by atoms with Crippen LogP contribution in [-0.4, -0.2) is 27.7 Å². The molecule has 0 unspecified atom stereocenters. The summed E-state index contributed by atoms with van der Waals surface area (Å²) < 4.78 is 5.88. The first-order chi connectivity index (χ1) is 9.02. The van der Waals surface area contributed by atoms with Crippen molar-refractivity contribution in [3.05, 3.63) is 39.0 Å². The number of aromatic nitrogens is 2. The van der Waals surface area contributed by atoms with Gasteiger partial charge < -0.3 is 14.8 Å². The second kappa shape index (κ2) is 4.97. The van der Waals surface area contributed by atoms with Crippen LogP contribution in [0.3, 0.4) is 0 Å². The molecule has 1 heterocycles. The molecule has 0 fully saturated rings. The van der Waals surface area contributed by atoms with Crippen LogP contribution < -0.4 is 16.0 Å². The Labute approximate surface area is 107 Å². The van der Waals surface area contributed by atoms with E-state index >= 15 is 0 Å². The summed E-state index contributed by atoms with van der Waals surface area (Å²) in [5.74, 6) is -0.585. The van der Waals surface area contributed by atoms with E-state index in [0.717, 1.165) is 4.57 Å². The highest BCUT2D eigenvalue weighted by Gasteiger charge is 2.09. The van der Waals surface area contributed by atoms with E-state index in [1.54, 1.807) is 12.1 Å². The van der Waals surface area contributed by atoms with E-state index in [-0.39, 0.29) is 18.4 Å². The number of nitrogens with one attached hydrogen (secondary N) is 1. The zero-order chi connectivity index (χ0) is 14.0. The Bertz CT molecular complexity index is 744. The number of hydrogen-bond acceptors (Lipinski definition) is 4. The van der Waals surface area contributed by atoms with E-state index < -0.39 is 17.2 Å². The van der Waals surface area contributed by atoms with E-state index in [0.29, 0.717) is 11.3 Å². The lowest BCUT2D eigenvalue weighted by molar-refractivity contribution is -0.137. The minimum Gasteiger partial charge on any atom is -0.497 e. The molecule has 0 amide bonds. The van der Waals surface area contributed by atoms with Gasteiger partial charge in [0.15, 0.2) is 0 Å². The van der Waals surface area contributed by atoms with Crippen molar-refractivity contribution in [1.29, 1.82) is 0 Å². The van der Waals surface area contributed by atoms with E-state index in [2.05, 4.69) is 4.98 Å². The van der Waals surface area contributed by atoms with E-state index in [4.69, 9.17) is 9.84 Å². The maximum Gasteiger partial charge on any atom is 0.328 e. The third kappa shape index (κ3) is 2.49. The molecule has 2 N–H and O–H groups in total. The van der Waals surface area contributed by atoms with Gasteiger partial charge in [0.2, 0.25) is 0 Å². The second-order valence-electron chi connectivity index (χ2n) is 3.94. The normalized spacial score (nSPS) is 10.6. The van der Waals surface area contributed by atoms with Crippen LogP contribution >= 0.6 is 0 Å². The molecule has 0 radical (unpaired) electrons. The minimum atomic E-state index is -1.07. The van der Waals surface area contributed by atoms with Gasteiger partial charge in [-0.3, -0.25) is 14.2 Å². The van der Waals surface area contributed by atoms with Gasteiger partial charge in [0.1, 0.15) is 5.75 Å². The smallest absolute Gasteiger partial charge is 0.328 e. The number of H-pyrrole nitrogens is 1. The number of rotatable bonds is 4. The number of aliphatic carboxylic acids is 1. The van der Waals surface area contributed by atoms with Gasteiger partial charge in [0, 0.05) is 6.54 Å². The first-order valence-electron chi connectivity index (χ1n) is 5.55. The lowest BCUT2D eigenvalue weighted by Gasteiger charge is -2.06. The highest BCUT2D eigenvalue weighted by Crippen LogP contribution is 2.15. The van der Waals surface area contributed by atoms with Crippen LogP contribution in [0.15, 0.2) is 27.8 Å². The number of nitrogens with zero attached hydrogens (tertiary/aromatic N) is 1. The molecule has 7 nitrogen and oxygen atoms in total. The molecule has 2 aromatic rings. The van der Waals surface area contributed by atoms with Crippen LogP contribution in [0.5, 0.6) is 5.75 Å². The number of fused-ring (bicyclic) bond motifs is 1. The van der Waals surface area contributed by atoms with Gasteiger partial charge in [-0.15, -0.1) is 0 Å². The van der Waals surface area contributed by atoms with Gasteiger partial charge in [-0.2, -0.15) is 0 Å². The lowest BCUT2D eigenvalue weighted by Crippen LogP contribution is -2.35. The highest BCUT2D eigenvalue weighted by atomic mass is 16.5. The van der Waals surface area contributed by atoms with Crippen molar-refractivity contribution in [1.82, 2.24) is 9.55 Å². The molecular weight excluding hydrogens is 252 g/mol. The molecular formula is C12H12N2O5. The summed E-state index contributed by atoms with van der Waals surface area (Å²) in [4.78, 5) is 36.9. The molecule has 0 atom stereocenters. The van der Waals surface area contributed by atoms with Gasteiger partial charge in [-0.05, 0) is 18.2 Å². The molecule has 1 aromatic heterocycles. The molecule has 0 spiro atoms. The number of methoxy groups -OCH3 is 1. The molecule has 1 aromatic carbocycles. The fourth-order valence-corrected chi connectivity index (χ4v) is 1.77. The van der Waals surface area contributed by atoms with Crippen molar-refractivity contribution in [3.63, 3.8) is 0 Å². The summed E-state index contributed by atoms with van der Waals surface area (Å²) in [5, 5.41) is 8.89. The van der Waals surface area contributed by atoms with Gasteiger partial charge in [0.05, 0.1) is 24.4 Å². The summed E-state index contributed by atoms with van der Waals surface area (Å²) >= 11 is 0. The van der Waals surface area contributed by atoms with Crippen LogP contribution in [0.25, 0.3) is 10.9 Å². The maximum atomic E-state index is 12.1.